The number of aryl methyl sites for hydroxylation is 2. The third-order valence-corrected chi connectivity index (χ3v) is 3.39. The highest BCUT2D eigenvalue weighted by molar-refractivity contribution is 5.84. The highest BCUT2D eigenvalue weighted by Crippen LogP contribution is 2.24. The van der Waals surface area contributed by atoms with Crippen LogP contribution in [0.3, 0.4) is 0 Å². The molecule has 5 heteroatoms. The van der Waals surface area contributed by atoms with Crippen molar-refractivity contribution < 1.29 is 9.53 Å². The molecule has 0 aliphatic carbocycles. The maximum Gasteiger partial charge on any atom is 0.251 e. The van der Waals surface area contributed by atoms with E-state index in [4.69, 9.17) is 4.74 Å². The number of hydrogen-bond donors (Lipinski definition) is 1. The Morgan fingerprint density at radius 1 is 1.67 bits per heavy atom. The van der Waals surface area contributed by atoms with Crippen LogP contribution in [0.15, 0.2) is 12.4 Å². The van der Waals surface area contributed by atoms with Gasteiger partial charge in [0.25, 0.3) is 5.91 Å². The number of carbonyl (C=O) groups excluding carboxylic acids is 1. The Balaban J connectivity index is 1.67. The first kappa shape index (κ1) is 13.1. The summed E-state index contributed by atoms with van der Waals surface area (Å²) in [5, 5.41) is 7.06. The lowest BCUT2D eigenvalue weighted by molar-refractivity contribution is -0.139. The number of amides is 1. The summed E-state index contributed by atoms with van der Waals surface area (Å²) in [7, 11) is 1.91. The van der Waals surface area contributed by atoms with Crippen molar-refractivity contribution in [2.75, 3.05) is 13.2 Å². The number of ether oxygens (including phenoxy) is 1. The fraction of sp³-hybridized carbons (Fsp3) is 0.692. The van der Waals surface area contributed by atoms with Crippen LogP contribution in [-0.4, -0.2) is 34.4 Å². The molecule has 100 valence electrons. The van der Waals surface area contributed by atoms with Gasteiger partial charge < -0.3 is 10.1 Å². The molecule has 0 aromatic carbocycles. The average molecular weight is 251 g/mol. The summed E-state index contributed by atoms with van der Waals surface area (Å²) in [6.07, 6.45) is 7.52. The maximum absolute atomic E-state index is 11.9. The van der Waals surface area contributed by atoms with Gasteiger partial charge in [0.05, 0.1) is 6.20 Å². The van der Waals surface area contributed by atoms with Crippen LogP contribution in [0.5, 0.6) is 0 Å². The Morgan fingerprint density at radius 3 is 3.11 bits per heavy atom. The van der Waals surface area contributed by atoms with E-state index in [0.717, 1.165) is 25.7 Å². The molecule has 1 saturated heterocycles. The van der Waals surface area contributed by atoms with Gasteiger partial charge in [-0.15, -0.1) is 0 Å². The molecule has 1 fully saturated rings. The lowest BCUT2D eigenvalue weighted by atomic mass is 10.0. The van der Waals surface area contributed by atoms with Crippen molar-refractivity contribution in [2.24, 2.45) is 7.05 Å². The lowest BCUT2D eigenvalue weighted by Gasteiger charge is -2.21. The SMILES string of the molecule is Cn1cc(CCCNC(=O)C2(C)CCCO2)cn1. The van der Waals surface area contributed by atoms with E-state index >= 15 is 0 Å². The zero-order chi connectivity index (χ0) is 13.0. The first-order valence-corrected chi connectivity index (χ1v) is 6.50. The summed E-state index contributed by atoms with van der Waals surface area (Å²) in [4.78, 5) is 11.9. The molecule has 0 spiro atoms. The molecule has 1 aromatic rings. The minimum atomic E-state index is -0.603. The number of hydrogen-bond acceptors (Lipinski definition) is 3. The van der Waals surface area contributed by atoms with Gasteiger partial charge in [0.15, 0.2) is 0 Å². The van der Waals surface area contributed by atoms with Crippen molar-refractivity contribution >= 4 is 5.91 Å². The minimum Gasteiger partial charge on any atom is -0.365 e. The Kier molecular flexibility index (Phi) is 4.01. The molecule has 1 amide bonds. The topological polar surface area (TPSA) is 56.2 Å². The third kappa shape index (κ3) is 3.10. The molecule has 0 radical (unpaired) electrons. The largest absolute Gasteiger partial charge is 0.365 e. The fourth-order valence-corrected chi connectivity index (χ4v) is 2.24. The van der Waals surface area contributed by atoms with Gasteiger partial charge in [-0.2, -0.15) is 5.10 Å². The van der Waals surface area contributed by atoms with E-state index in [1.54, 1.807) is 4.68 Å². The zero-order valence-electron chi connectivity index (χ0n) is 11.1. The number of rotatable bonds is 5. The van der Waals surface area contributed by atoms with Crippen LogP contribution in [0.25, 0.3) is 0 Å². The van der Waals surface area contributed by atoms with E-state index in [2.05, 4.69) is 10.4 Å². The minimum absolute atomic E-state index is 0.0196. The standard InChI is InChI=1S/C13H21N3O2/c1-13(6-4-8-18-13)12(17)14-7-3-5-11-9-15-16(2)10-11/h9-10H,3-8H2,1-2H3,(H,14,17). The van der Waals surface area contributed by atoms with Gasteiger partial charge in [0.2, 0.25) is 0 Å². The number of nitrogens with one attached hydrogen (secondary N) is 1. The molecule has 1 unspecified atom stereocenters. The predicted octanol–water partition coefficient (Wildman–Crippen LogP) is 1.04. The zero-order valence-corrected chi connectivity index (χ0v) is 11.1. The normalized spacial score (nSPS) is 23.2. The summed E-state index contributed by atoms with van der Waals surface area (Å²) in [5.74, 6) is 0.0196. The Labute approximate surface area is 108 Å². The van der Waals surface area contributed by atoms with Gasteiger partial charge in [-0.1, -0.05) is 0 Å². The molecular weight excluding hydrogens is 230 g/mol. The van der Waals surface area contributed by atoms with E-state index in [9.17, 15) is 4.79 Å². The molecule has 2 rings (SSSR count). The van der Waals surface area contributed by atoms with Gasteiger partial charge in [0.1, 0.15) is 5.60 Å². The number of aromatic nitrogens is 2. The summed E-state index contributed by atoms with van der Waals surface area (Å²) in [6, 6.07) is 0. The highest BCUT2D eigenvalue weighted by atomic mass is 16.5. The molecule has 18 heavy (non-hydrogen) atoms. The Bertz CT molecular complexity index is 408. The van der Waals surface area contributed by atoms with Crippen molar-refractivity contribution in [3.8, 4) is 0 Å². The second-order valence-corrected chi connectivity index (χ2v) is 5.06. The summed E-state index contributed by atoms with van der Waals surface area (Å²) < 4.78 is 7.29. The summed E-state index contributed by atoms with van der Waals surface area (Å²) in [6.45, 7) is 3.25. The number of nitrogens with zero attached hydrogens (tertiary/aromatic N) is 2. The monoisotopic (exact) mass is 251 g/mol. The first-order chi connectivity index (χ1) is 8.60. The van der Waals surface area contributed by atoms with E-state index in [1.165, 1.54) is 5.56 Å². The number of carbonyl (C=O) groups is 1. The molecular formula is C13H21N3O2. The maximum atomic E-state index is 11.9. The van der Waals surface area contributed by atoms with Gasteiger partial charge in [-0.05, 0) is 38.2 Å². The first-order valence-electron chi connectivity index (χ1n) is 6.50. The van der Waals surface area contributed by atoms with Crippen LogP contribution < -0.4 is 5.32 Å². The van der Waals surface area contributed by atoms with Crippen molar-refractivity contribution in [3.63, 3.8) is 0 Å². The molecule has 2 heterocycles. The van der Waals surface area contributed by atoms with Crippen molar-refractivity contribution in [1.82, 2.24) is 15.1 Å². The Hall–Kier alpha value is -1.36. The van der Waals surface area contributed by atoms with Crippen LogP contribution in [-0.2, 0) is 23.0 Å². The predicted molar refractivity (Wildman–Crippen MR) is 68.1 cm³/mol. The van der Waals surface area contributed by atoms with Gasteiger partial charge in [-0.25, -0.2) is 0 Å². The average Bonchev–Trinajstić information content (AvgIpc) is 2.94. The molecule has 0 bridgehead atoms. The van der Waals surface area contributed by atoms with Crippen molar-refractivity contribution in [2.45, 2.75) is 38.2 Å². The van der Waals surface area contributed by atoms with Crippen LogP contribution in [0, 0.1) is 0 Å². The van der Waals surface area contributed by atoms with Gasteiger partial charge in [0, 0.05) is 26.4 Å². The van der Waals surface area contributed by atoms with E-state index in [1.807, 2.05) is 26.4 Å². The summed E-state index contributed by atoms with van der Waals surface area (Å²) in [5.41, 5.74) is 0.601. The molecule has 1 N–H and O–H groups in total. The summed E-state index contributed by atoms with van der Waals surface area (Å²) >= 11 is 0. The van der Waals surface area contributed by atoms with Gasteiger partial charge in [-0.3, -0.25) is 9.48 Å². The van der Waals surface area contributed by atoms with Crippen LogP contribution in [0.1, 0.15) is 31.7 Å². The quantitative estimate of drug-likeness (QED) is 0.795. The van der Waals surface area contributed by atoms with Crippen LogP contribution in [0.4, 0.5) is 0 Å². The van der Waals surface area contributed by atoms with Crippen molar-refractivity contribution in [3.05, 3.63) is 18.0 Å². The van der Waals surface area contributed by atoms with E-state index in [-0.39, 0.29) is 5.91 Å². The van der Waals surface area contributed by atoms with E-state index in [0.29, 0.717) is 13.2 Å². The molecule has 5 nitrogen and oxygen atoms in total. The van der Waals surface area contributed by atoms with Crippen molar-refractivity contribution in [1.29, 1.82) is 0 Å². The second-order valence-electron chi connectivity index (χ2n) is 5.06. The third-order valence-electron chi connectivity index (χ3n) is 3.39. The molecule has 1 aromatic heterocycles. The molecule has 1 aliphatic heterocycles. The lowest BCUT2D eigenvalue weighted by Crippen LogP contribution is -2.44. The van der Waals surface area contributed by atoms with E-state index < -0.39 is 5.60 Å². The Morgan fingerprint density at radius 2 is 2.50 bits per heavy atom. The smallest absolute Gasteiger partial charge is 0.251 e. The molecule has 1 aliphatic rings. The van der Waals surface area contributed by atoms with Crippen LogP contribution in [0.2, 0.25) is 0 Å². The highest BCUT2D eigenvalue weighted by Gasteiger charge is 2.37. The second kappa shape index (κ2) is 5.52. The van der Waals surface area contributed by atoms with Crippen LogP contribution >= 0.6 is 0 Å². The molecule has 1 atom stereocenters. The van der Waals surface area contributed by atoms with Gasteiger partial charge >= 0.3 is 0 Å². The fourth-order valence-electron chi connectivity index (χ4n) is 2.24. The molecule has 0 saturated carbocycles.